The van der Waals surface area contributed by atoms with Crippen molar-refractivity contribution in [1.29, 1.82) is 0 Å². The van der Waals surface area contributed by atoms with Gasteiger partial charge in [-0.1, -0.05) is 36.4 Å². The number of carbonyl (C=O) groups is 1. The summed E-state index contributed by atoms with van der Waals surface area (Å²) in [6, 6.07) is 9.18. The van der Waals surface area contributed by atoms with Crippen LogP contribution in [0.5, 0.6) is 0 Å². The van der Waals surface area contributed by atoms with E-state index < -0.39 is 27.0 Å². The Labute approximate surface area is 156 Å². The first-order valence-corrected chi connectivity index (χ1v) is 10.3. The third kappa shape index (κ3) is 5.08. The van der Waals surface area contributed by atoms with Crippen LogP contribution in [0.25, 0.3) is 0 Å². The minimum atomic E-state index is -3.54. The summed E-state index contributed by atoms with van der Waals surface area (Å²) in [5.41, 5.74) is 0.185. The Kier molecular flexibility index (Phi) is 6.47. The summed E-state index contributed by atoms with van der Waals surface area (Å²) < 4.78 is 33.1. The van der Waals surface area contributed by atoms with Crippen molar-refractivity contribution in [2.75, 3.05) is 26.2 Å². The highest BCUT2D eigenvalue weighted by Gasteiger charge is 2.36. The third-order valence-electron chi connectivity index (χ3n) is 4.16. The van der Waals surface area contributed by atoms with Crippen LogP contribution in [0.1, 0.15) is 38.0 Å². The molecule has 1 unspecified atom stereocenters. The molecular weight excluding hydrogens is 352 g/mol. The summed E-state index contributed by atoms with van der Waals surface area (Å²) in [5.74, 6) is 0. The molecule has 26 heavy (non-hydrogen) atoms. The van der Waals surface area contributed by atoms with Crippen molar-refractivity contribution in [2.45, 2.75) is 38.0 Å². The van der Waals surface area contributed by atoms with E-state index in [0.29, 0.717) is 19.5 Å². The number of nitrogens with zero attached hydrogens (tertiary/aromatic N) is 2. The van der Waals surface area contributed by atoms with Gasteiger partial charge in [0.1, 0.15) is 10.9 Å². The SMILES string of the molecule is C=CCC(c1ccccc1)S(=O)(=O)N1CCN(C(=O)OC(C)(C)C)CC1. The predicted molar refractivity (Wildman–Crippen MR) is 102 cm³/mol. The number of piperazine rings is 1. The first-order valence-electron chi connectivity index (χ1n) is 8.78. The Morgan fingerprint density at radius 1 is 1.19 bits per heavy atom. The van der Waals surface area contributed by atoms with Gasteiger partial charge in [0.15, 0.2) is 0 Å². The summed E-state index contributed by atoms with van der Waals surface area (Å²) in [6.45, 7) is 10.3. The van der Waals surface area contributed by atoms with Crippen molar-refractivity contribution in [3.8, 4) is 0 Å². The lowest BCUT2D eigenvalue weighted by molar-refractivity contribution is 0.0192. The summed E-state index contributed by atoms with van der Waals surface area (Å²) in [6.07, 6.45) is 1.57. The van der Waals surface area contributed by atoms with Crippen LogP contribution in [0.2, 0.25) is 0 Å². The number of sulfonamides is 1. The van der Waals surface area contributed by atoms with E-state index in [1.54, 1.807) is 11.0 Å². The highest BCUT2D eigenvalue weighted by atomic mass is 32.2. The molecule has 1 heterocycles. The fourth-order valence-electron chi connectivity index (χ4n) is 2.88. The molecule has 1 aromatic rings. The number of hydrogen-bond donors (Lipinski definition) is 0. The normalized spacial score (nSPS) is 17.6. The third-order valence-corrected chi connectivity index (χ3v) is 6.43. The zero-order chi connectivity index (χ0) is 19.4. The van der Waals surface area contributed by atoms with Gasteiger partial charge in [-0.05, 0) is 32.8 Å². The molecule has 6 nitrogen and oxygen atoms in total. The first kappa shape index (κ1) is 20.5. The molecule has 0 spiro atoms. The van der Waals surface area contributed by atoms with E-state index in [1.807, 2.05) is 51.1 Å². The van der Waals surface area contributed by atoms with Gasteiger partial charge in [-0.2, -0.15) is 4.31 Å². The maximum Gasteiger partial charge on any atom is 0.410 e. The number of carbonyl (C=O) groups excluding carboxylic acids is 1. The van der Waals surface area contributed by atoms with Gasteiger partial charge in [-0.25, -0.2) is 13.2 Å². The van der Waals surface area contributed by atoms with Gasteiger partial charge in [0, 0.05) is 26.2 Å². The summed E-state index contributed by atoms with van der Waals surface area (Å²) >= 11 is 0. The van der Waals surface area contributed by atoms with Crippen molar-refractivity contribution in [3.05, 3.63) is 48.6 Å². The van der Waals surface area contributed by atoms with E-state index in [-0.39, 0.29) is 13.1 Å². The quantitative estimate of drug-likeness (QED) is 0.736. The van der Waals surface area contributed by atoms with Crippen LogP contribution in [-0.4, -0.2) is 55.5 Å². The number of ether oxygens (including phenoxy) is 1. The Morgan fingerprint density at radius 2 is 1.77 bits per heavy atom. The minimum absolute atomic E-state index is 0.266. The number of amides is 1. The van der Waals surface area contributed by atoms with Crippen molar-refractivity contribution in [3.63, 3.8) is 0 Å². The van der Waals surface area contributed by atoms with E-state index >= 15 is 0 Å². The topological polar surface area (TPSA) is 66.9 Å². The Bertz CT molecular complexity index is 718. The minimum Gasteiger partial charge on any atom is -0.444 e. The molecule has 1 atom stereocenters. The molecule has 0 aromatic heterocycles. The molecule has 0 N–H and O–H groups in total. The fraction of sp³-hybridized carbons (Fsp3) is 0.526. The molecule has 2 rings (SSSR count). The smallest absolute Gasteiger partial charge is 0.410 e. The Morgan fingerprint density at radius 3 is 2.27 bits per heavy atom. The first-order chi connectivity index (χ1) is 12.1. The van der Waals surface area contributed by atoms with Gasteiger partial charge in [0.2, 0.25) is 10.0 Å². The zero-order valence-corrected chi connectivity index (χ0v) is 16.5. The van der Waals surface area contributed by atoms with E-state index in [0.717, 1.165) is 5.56 Å². The van der Waals surface area contributed by atoms with Crippen molar-refractivity contribution >= 4 is 16.1 Å². The lowest BCUT2D eigenvalue weighted by Gasteiger charge is -2.36. The maximum absolute atomic E-state index is 13.1. The molecule has 1 amide bonds. The molecule has 1 aliphatic rings. The second kappa shape index (κ2) is 8.22. The lowest BCUT2D eigenvalue weighted by Crippen LogP contribution is -2.52. The monoisotopic (exact) mass is 380 g/mol. The number of allylic oxidation sites excluding steroid dienone is 1. The molecule has 144 valence electrons. The van der Waals surface area contributed by atoms with Crippen LogP contribution in [-0.2, 0) is 14.8 Å². The van der Waals surface area contributed by atoms with Crippen molar-refractivity contribution < 1.29 is 17.9 Å². The standard InChI is InChI=1S/C19H28N2O4S/c1-5-9-17(16-10-7-6-8-11-16)26(23,24)21-14-12-20(13-15-21)18(22)25-19(2,3)4/h5-8,10-11,17H,1,9,12-15H2,2-4H3. The Balaban J connectivity index is 2.08. The van der Waals surface area contributed by atoms with Crippen LogP contribution in [0.15, 0.2) is 43.0 Å². The lowest BCUT2D eigenvalue weighted by atomic mass is 10.1. The maximum atomic E-state index is 13.1. The van der Waals surface area contributed by atoms with E-state index in [9.17, 15) is 13.2 Å². The Hall–Kier alpha value is -1.86. The van der Waals surface area contributed by atoms with Crippen molar-refractivity contribution in [2.24, 2.45) is 0 Å². The van der Waals surface area contributed by atoms with Gasteiger partial charge in [-0.15, -0.1) is 6.58 Å². The van der Waals surface area contributed by atoms with Crippen LogP contribution in [0.3, 0.4) is 0 Å². The second-order valence-electron chi connectivity index (χ2n) is 7.34. The van der Waals surface area contributed by atoms with Crippen LogP contribution in [0.4, 0.5) is 4.79 Å². The highest BCUT2D eigenvalue weighted by Crippen LogP contribution is 2.30. The highest BCUT2D eigenvalue weighted by molar-refractivity contribution is 7.89. The van der Waals surface area contributed by atoms with E-state index in [4.69, 9.17) is 4.74 Å². The summed E-state index contributed by atoms with van der Waals surface area (Å²) in [4.78, 5) is 13.7. The summed E-state index contributed by atoms with van der Waals surface area (Å²) in [5, 5.41) is -0.658. The molecular formula is C19H28N2O4S. The molecule has 0 radical (unpaired) electrons. The molecule has 7 heteroatoms. The number of rotatable bonds is 5. The molecule has 1 aromatic carbocycles. The van der Waals surface area contributed by atoms with Gasteiger partial charge in [0.25, 0.3) is 0 Å². The fourth-order valence-corrected chi connectivity index (χ4v) is 4.79. The molecule has 0 aliphatic carbocycles. The van der Waals surface area contributed by atoms with Gasteiger partial charge in [-0.3, -0.25) is 0 Å². The number of benzene rings is 1. The van der Waals surface area contributed by atoms with Crippen LogP contribution >= 0.6 is 0 Å². The van der Waals surface area contributed by atoms with Gasteiger partial charge in [0.05, 0.1) is 0 Å². The molecule has 0 bridgehead atoms. The zero-order valence-electron chi connectivity index (χ0n) is 15.7. The predicted octanol–water partition coefficient (Wildman–Crippen LogP) is 3.19. The average molecular weight is 381 g/mol. The van der Waals surface area contributed by atoms with Crippen LogP contribution in [0, 0.1) is 0 Å². The number of hydrogen-bond acceptors (Lipinski definition) is 4. The molecule has 1 fully saturated rings. The van der Waals surface area contributed by atoms with Gasteiger partial charge >= 0.3 is 6.09 Å². The molecule has 1 saturated heterocycles. The largest absolute Gasteiger partial charge is 0.444 e. The van der Waals surface area contributed by atoms with E-state index in [1.165, 1.54) is 4.31 Å². The summed E-state index contributed by atoms with van der Waals surface area (Å²) in [7, 11) is -3.54. The molecule has 1 aliphatic heterocycles. The average Bonchev–Trinajstić information content (AvgIpc) is 2.59. The van der Waals surface area contributed by atoms with Crippen LogP contribution < -0.4 is 0 Å². The van der Waals surface area contributed by atoms with Crippen molar-refractivity contribution in [1.82, 2.24) is 9.21 Å². The van der Waals surface area contributed by atoms with E-state index in [2.05, 4.69) is 6.58 Å². The molecule has 0 saturated carbocycles. The second-order valence-corrected chi connectivity index (χ2v) is 9.45. The van der Waals surface area contributed by atoms with Gasteiger partial charge < -0.3 is 9.64 Å².